The van der Waals surface area contributed by atoms with E-state index < -0.39 is 0 Å². The Hall–Kier alpha value is -0.550. The van der Waals surface area contributed by atoms with E-state index in [0.717, 1.165) is 29.3 Å². The second-order valence-corrected chi connectivity index (χ2v) is 3.21. The van der Waals surface area contributed by atoms with Crippen LogP contribution in [0.3, 0.4) is 0 Å². The van der Waals surface area contributed by atoms with Crippen molar-refractivity contribution in [2.24, 2.45) is 5.73 Å². The van der Waals surface area contributed by atoms with Gasteiger partial charge in [-0.15, -0.1) is 0 Å². The van der Waals surface area contributed by atoms with Crippen LogP contribution in [0.5, 0.6) is 0 Å². The third kappa shape index (κ3) is 0.954. The average molecular weight is 217 g/mol. The maximum atomic E-state index is 5.48. The molecule has 2 heterocycles. The molecule has 1 aliphatic heterocycles. The summed E-state index contributed by atoms with van der Waals surface area (Å²) >= 11 is 3.44. The van der Waals surface area contributed by atoms with Gasteiger partial charge in [-0.1, -0.05) is 0 Å². The first kappa shape index (κ1) is 7.12. The van der Waals surface area contributed by atoms with Gasteiger partial charge in [-0.2, -0.15) is 0 Å². The van der Waals surface area contributed by atoms with Crippen molar-refractivity contribution >= 4 is 21.9 Å². The van der Waals surface area contributed by atoms with E-state index >= 15 is 0 Å². The molecule has 5 heteroatoms. The van der Waals surface area contributed by atoms with Crippen molar-refractivity contribution in [1.82, 2.24) is 9.55 Å². The fourth-order valence-corrected chi connectivity index (χ4v) is 1.83. The van der Waals surface area contributed by atoms with Crippen LogP contribution in [0.1, 0.15) is 5.69 Å². The fourth-order valence-electron chi connectivity index (χ4n) is 1.23. The Labute approximate surface area is 72.9 Å². The quantitative estimate of drug-likeness (QED) is 0.721. The molecule has 0 radical (unpaired) electrons. The Balaban J connectivity index is 2.49. The largest absolute Gasteiger partial charge is 0.354 e. The lowest BCUT2D eigenvalue weighted by Gasteiger charge is -1.95. The molecule has 0 aromatic carbocycles. The number of rotatable bonds is 1. The highest BCUT2D eigenvalue weighted by atomic mass is 79.9. The second-order valence-electron chi connectivity index (χ2n) is 2.46. The summed E-state index contributed by atoms with van der Waals surface area (Å²) in [4.78, 5) is 4.29. The van der Waals surface area contributed by atoms with Gasteiger partial charge in [0.05, 0.1) is 5.69 Å². The van der Waals surface area contributed by atoms with Gasteiger partial charge in [-0.3, -0.25) is 0 Å². The van der Waals surface area contributed by atoms with Gasteiger partial charge in [0.2, 0.25) is 5.95 Å². The lowest BCUT2D eigenvalue weighted by molar-refractivity contribution is 0.785. The van der Waals surface area contributed by atoms with E-state index in [0.29, 0.717) is 6.54 Å². The van der Waals surface area contributed by atoms with Gasteiger partial charge in [0.25, 0.3) is 0 Å². The van der Waals surface area contributed by atoms with E-state index in [1.165, 1.54) is 0 Å². The van der Waals surface area contributed by atoms with Crippen LogP contribution in [0.15, 0.2) is 4.60 Å². The Bertz CT molecular complexity index is 280. The zero-order valence-electron chi connectivity index (χ0n) is 5.97. The summed E-state index contributed by atoms with van der Waals surface area (Å²) in [6.07, 6.45) is 0. The summed E-state index contributed by atoms with van der Waals surface area (Å²) in [5.74, 6) is 0.928. The summed E-state index contributed by atoms with van der Waals surface area (Å²) in [7, 11) is 0. The number of nitrogens with one attached hydrogen (secondary N) is 1. The maximum Gasteiger partial charge on any atom is 0.204 e. The van der Waals surface area contributed by atoms with Crippen LogP contribution in [-0.2, 0) is 13.1 Å². The molecule has 0 saturated heterocycles. The van der Waals surface area contributed by atoms with Gasteiger partial charge in [0, 0.05) is 19.6 Å². The highest BCUT2D eigenvalue weighted by molar-refractivity contribution is 9.10. The highest BCUT2D eigenvalue weighted by Gasteiger charge is 2.17. The number of imidazole rings is 1. The molecule has 0 amide bonds. The molecule has 1 aromatic heterocycles. The standard InChI is InChI=1S/C6H9BrN4/c7-5-4(3-8)10-6-9-1-2-11(5)6/h1-3,8H2,(H,9,10). The van der Waals surface area contributed by atoms with Gasteiger partial charge in [-0.05, 0) is 15.9 Å². The molecule has 4 nitrogen and oxygen atoms in total. The van der Waals surface area contributed by atoms with Crippen LogP contribution in [0, 0.1) is 0 Å². The molecule has 60 valence electrons. The predicted octanol–water partition coefficient (Wildman–Crippen LogP) is 0.530. The zero-order chi connectivity index (χ0) is 7.84. The van der Waals surface area contributed by atoms with E-state index in [4.69, 9.17) is 5.73 Å². The van der Waals surface area contributed by atoms with Crippen molar-refractivity contribution in [2.45, 2.75) is 13.1 Å². The van der Waals surface area contributed by atoms with Gasteiger partial charge in [0.1, 0.15) is 4.60 Å². The van der Waals surface area contributed by atoms with Crippen molar-refractivity contribution < 1.29 is 0 Å². The van der Waals surface area contributed by atoms with E-state index in [9.17, 15) is 0 Å². The third-order valence-corrected chi connectivity index (χ3v) is 2.67. The van der Waals surface area contributed by atoms with E-state index in [-0.39, 0.29) is 0 Å². The van der Waals surface area contributed by atoms with Gasteiger partial charge in [-0.25, -0.2) is 4.98 Å². The minimum Gasteiger partial charge on any atom is -0.354 e. The lowest BCUT2D eigenvalue weighted by Crippen LogP contribution is -2.01. The lowest BCUT2D eigenvalue weighted by atomic mass is 10.5. The first-order chi connectivity index (χ1) is 5.33. The molecule has 1 aromatic rings. The molecule has 2 rings (SSSR count). The van der Waals surface area contributed by atoms with Crippen LogP contribution in [-0.4, -0.2) is 16.1 Å². The Morgan fingerprint density at radius 2 is 2.55 bits per heavy atom. The summed E-state index contributed by atoms with van der Waals surface area (Å²) in [6.45, 7) is 2.43. The molecule has 1 aliphatic rings. The summed E-state index contributed by atoms with van der Waals surface area (Å²) in [5, 5.41) is 3.16. The minimum atomic E-state index is 0.488. The zero-order valence-corrected chi connectivity index (χ0v) is 7.56. The molecule has 0 bridgehead atoms. The van der Waals surface area contributed by atoms with Crippen molar-refractivity contribution in [1.29, 1.82) is 0 Å². The predicted molar refractivity (Wildman–Crippen MR) is 46.3 cm³/mol. The second kappa shape index (κ2) is 2.49. The van der Waals surface area contributed by atoms with Gasteiger partial charge in [0.15, 0.2) is 0 Å². The van der Waals surface area contributed by atoms with Crippen LogP contribution >= 0.6 is 15.9 Å². The monoisotopic (exact) mass is 216 g/mol. The summed E-state index contributed by atoms with van der Waals surface area (Å²) in [5.41, 5.74) is 6.40. The Kier molecular flexibility index (Phi) is 1.61. The third-order valence-electron chi connectivity index (χ3n) is 1.78. The van der Waals surface area contributed by atoms with Gasteiger partial charge >= 0.3 is 0 Å². The van der Waals surface area contributed by atoms with Crippen molar-refractivity contribution in [3.8, 4) is 0 Å². The van der Waals surface area contributed by atoms with Gasteiger partial charge < -0.3 is 15.6 Å². The number of fused-ring (bicyclic) bond motifs is 1. The Morgan fingerprint density at radius 3 is 3.18 bits per heavy atom. The molecular weight excluding hydrogens is 208 g/mol. The molecule has 0 atom stereocenters. The molecule has 11 heavy (non-hydrogen) atoms. The normalized spacial score (nSPS) is 14.7. The number of anilines is 1. The Morgan fingerprint density at radius 1 is 1.73 bits per heavy atom. The van der Waals surface area contributed by atoms with E-state index in [2.05, 4.69) is 30.8 Å². The smallest absolute Gasteiger partial charge is 0.204 e. The molecule has 0 unspecified atom stereocenters. The number of aromatic nitrogens is 2. The van der Waals surface area contributed by atoms with Crippen molar-refractivity contribution in [3.63, 3.8) is 0 Å². The molecule has 0 fully saturated rings. The maximum absolute atomic E-state index is 5.48. The first-order valence-electron chi connectivity index (χ1n) is 3.51. The number of hydrogen-bond acceptors (Lipinski definition) is 3. The van der Waals surface area contributed by atoms with E-state index in [1.54, 1.807) is 0 Å². The first-order valence-corrected chi connectivity index (χ1v) is 4.31. The van der Waals surface area contributed by atoms with Crippen LogP contribution in [0.4, 0.5) is 5.95 Å². The molecular formula is C6H9BrN4. The highest BCUT2D eigenvalue weighted by Crippen LogP contribution is 2.24. The number of nitrogens with two attached hydrogens (primary N) is 1. The summed E-state index contributed by atoms with van der Waals surface area (Å²) in [6, 6.07) is 0. The molecule has 0 saturated carbocycles. The van der Waals surface area contributed by atoms with Crippen molar-refractivity contribution in [3.05, 3.63) is 10.3 Å². The molecule has 3 N–H and O–H groups in total. The minimum absolute atomic E-state index is 0.488. The molecule has 0 aliphatic carbocycles. The van der Waals surface area contributed by atoms with E-state index in [1.807, 2.05) is 0 Å². The van der Waals surface area contributed by atoms with Crippen LogP contribution in [0.2, 0.25) is 0 Å². The summed E-state index contributed by atoms with van der Waals surface area (Å²) < 4.78 is 3.10. The number of halogens is 1. The average Bonchev–Trinajstić information content (AvgIpc) is 2.53. The van der Waals surface area contributed by atoms with Crippen molar-refractivity contribution in [2.75, 3.05) is 11.9 Å². The van der Waals surface area contributed by atoms with Crippen LogP contribution < -0.4 is 11.1 Å². The number of hydrogen-bond donors (Lipinski definition) is 2. The topological polar surface area (TPSA) is 55.9 Å². The number of nitrogens with zero attached hydrogens (tertiary/aromatic N) is 2. The van der Waals surface area contributed by atoms with Crippen LogP contribution in [0.25, 0.3) is 0 Å². The fraction of sp³-hybridized carbons (Fsp3) is 0.500. The molecule has 0 spiro atoms. The SMILES string of the molecule is NCc1nc2n(c1Br)CCN2.